The van der Waals surface area contributed by atoms with E-state index in [-0.39, 0.29) is 0 Å². The Morgan fingerprint density at radius 1 is 0.857 bits per heavy atom. The predicted octanol–water partition coefficient (Wildman–Crippen LogP) is 6.63. The molecule has 0 saturated heterocycles. The maximum Gasteiger partial charge on any atom is -0.00677 e. The normalized spacial score (nSPS) is 14.4. The second-order valence-electron chi connectivity index (χ2n) is 6.57. The molecule has 0 aliphatic heterocycles. The summed E-state index contributed by atoms with van der Waals surface area (Å²) < 4.78 is 0. The number of benzene rings is 1. The molecule has 0 saturated carbocycles. The van der Waals surface area contributed by atoms with Crippen molar-refractivity contribution in [1.29, 1.82) is 0 Å². The molecule has 0 N–H and O–H groups in total. The topological polar surface area (TPSA) is 0 Å². The Hall–Kier alpha value is -1.56. The van der Waals surface area contributed by atoms with Crippen molar-refractivity contribution in [2.24, 2.45) is 0 Å². The fourth-order valence-corrected chi connectivity index (χ4v) is 3.18. The van der Waals surface area contributed by atoms with E-state index in [2.05, 4.69) is 65.8 Å². The van der Waals surface area contributed by atoms with Crippen molar-refractivity contribution in [2.75, 3.05) is 0 Å². The van der Waals surface area contributed by atoms with E-state index < -0.39 is 0 Å². The van der Waals surface area contributed by atoms with Crippen LogP contribution in [0.2, 0.25) is 0 Å². The Morgan fingerprint density at radius 2 is 1.43 bits per heavy atom. The van der Waals surface area contributed by atoms with Crippen molar-refractivity contribution >= 4 is 5.57 Å². The molecule has 0 atom stereocenters. The van der Waals surface area contributed by atoms with Crippen LogP contribution in [0, 0.1) is 6.92 Å². The van der Waals surface area contributed by atoms with Crippen molar-refractivity contribution in [3.8, 4) is 0 Å². The quantitative estimate of drug-likeness (QED) is 0.581. The van der Waals surface area contributed by atoms with Crippen molar-refractivity contribution in [3.05, 3.63) is 63.3 Å². The lowest BCUT2D eigenvalue weighted by molar-refractivity contribution is 0.785. The van der Waals surface area contributed by atoms with Crippen molar-refractivity contribution in [2.45, 2.75) is 60.8 Å². The second kappa shape index (κ2) is 6.47. The van der Waals surface area contributed by atoms with Crippen LogP contribution in [0.3, 0.4) is 0 Å². The zero-order valence-corrected chi connectivity index (χ0v) is 14.4. The number of hydrogen-bond donors (Lipinski definition) is 0. The number of aryl methyl sites for hydroxylation is 1. The number of unbranched alkanes of at least 4 members (excludes halogenated alkanes) is 1. The van der Waals surface area contributed by atoms with Gasteiger partial charge >= 0.3 is 0 Å². The summed E-state index contributed by atoms with van der Waals surface area (Å²) in [5.41, 5.74) is 11.7. The van der Waals surface area contributed by atoms with Gasteiger partial charge in [0.05, 0.1) is 0 Å². The maximum absolute atomic E-state index is 2.28. The van der Waals surface area contributed by atoms with Gasteiger partial charge in [0, 0.05) is 0 Å². The van der Waals surface area contributed by atoms with Gasteiger partial charge in [-0.3, -0.25) is 0 Å². The molecular weight excluding hydrogens is 252 g/mol. The standard InChI is InChI=1S/C21H28/c1-7-8-9-18-19(14(2)3)20(15(4)5)21(18)17-12-10-16(6)11-13-17/h10-13H,7-9H2,1-6H3. The van der Waals surface area contributed by atoms with Gasteiger partial charge in [0.1, 0.15) is 0 Å². The van der Waals surface area contributed by atoms with Gasteiger partial charge in [-0.15, -0.1) is 0 Å². The summed E-state index contributed by atoms with van der Waals surface area (Å²) >= 11 is 0. The molecule has 1 aromatic rings. The average Bonchev–Trinajstić information content (AvgIpc) is 2.39. The summed E-state index contributed by atoms with van der Waals surface area (Å²) in [7, 11) is 0. The number of hydrogen-bond acceptors (Lipinski definition) is 0. The Morgan fingerprint density at radius 3 is 1.90 bits per heavy atom. The van der Waals surface area contributed by atoms with E-state index in [1.165, 1.54) is 58.3 Å². The lowest BCUT2D eigenvalue weighted by atomic mass is 9.69. The molecule has 21 heavy (non-hydrogen) atoms. The molecule has 0 amide bonds. The molecule has 1 aromatic carbocycles. The molecule has 0 fully saturated rings. The fraction of sp³-hybridized carbons (Fsp3) is 0.429. The first-order valence-electron chi connectivity index (χ1n) is 8.13. The van der Waals surface area contributed by atoms with Crippen molar-refractivity contribution < 1.29 is 0 Å². The van der Waals surface area contributed by atoms with Crippen molar-refractivity contribution in [3.63, 3.8) is 0 Å². The van der Waals surface area contributed by atoms with E-state index in [0.29, 0.717) is 0 Å². The van der Waals surface area contributed by atoms with Gasteiger partial charge in [-0.1, -0.05) is 54.3 Å². The molecule has 1 aliphatic carbocycles. The number of rotatable bonds is 4. The summed E-state index contributed by atoms with van der Waals surface area (Å²) in [4.78, 5) is 0. The first-order chi connectivity index (χ1) is 9.97. The molecule has 0 spiro atoms. The smallest absolute Gasteiger partial charge is 0.00677 e. The van der Waals surface area contributed by atoms with Gasteiger partial charge in [-0.25, -0.2) is 0 Å². The van der Waals surface area contributed by atoms with Crippen LogP contribution >= 0.6 is 0 Å². The number of allylic oxidation sites excluding steroid dienone is 6. The van der Waals surface area contributed by atoms with Gasteiger partial charge < -0.3 is 0 Å². The lowest BCUT2D eigenvalue weighted by Crippen LogP contribution is -2.15. The fourth-order valence-electron chi connectivity index (χ4n) is 3.18. The van der Waals surface area contributed by atoms with E-state index in [9.17, 15) is 0 Å². The Kier molecular flexibility index (Phi) is 4.88. The monoisotopic (exact) mass is 280 g/mol. The van der Waals surface area contributed by atoms with Crippen LogP contribution in [0.15, 0.2) is 52.1 Å². The van der Waals surface area contributed by atoms with Crippen LogP contribution in [0.5, 0.6) is 0 Å². The zero-order valence-electron chi connectivity index (χ0n) is 14.4. The third-order valence-corrected chi connectivity index (χ3v) is 4.22. The van der Waals surface area contributed by atoms with Crippen LogP contribution in [0.25, 0.3) is 5.57 Å². The highest BCUT2D eigenvalue weighted by atomic mass is 14.3. The van der Waals surface area contributed by atoms with Gasteiger partial charge in [-0.05, 0) is 75.3 Å². The van der Waals surface area contributed by atoms with Crippen LogP contribution in [-0.4, -0.2) is 0 Å². The highest BCUT2D eigenvalue weighted by molar-refractivity contribution is 5.99. The Balaban J connectivity index is 2.59. The third-order valence-electron chi connectivity index (χ3n) is 4.22. The Labute approximate surface area is 130 Å². The summed E-state index contributed by atoms with van der Waals surface area (Å²) in [6.07, 6.45) is 3.74. The van der Waals surface area contributed by atoms with Gasteiger partial charge in [-0.2, -0.15) is 0 Å². The zero-order chi connectivity index (χ0) is 15.6. The summed E-state index contributed by atoms with van der Waals surface area (Å²) in [5.74, 6) is 0. The van der Waals surface area contributed by atoms with Crippen molar-refractivity contribution in [1.82, 2.24) is 0 Å². The average molecular weight is 280 g/mol. The van der Waals surface area contributed by atoms with E-state index in [1.54, 1.807) is 5.57 Å². The molecule has 1 aliphatic rings. The van der Waals surface area contributed by atoms with Gasteiger partial charge in [0.15, 0.2) is 0 Å². The molecule has 0 bridgehead atoms. The minimum Gasteiger partial charge on any atom is -0.0683 e. The van der Waals surface area contributed by atoms with E-state index >= 15 is 0 Å². The highest BCUT2D eigenvalue weighted by Gasteiger charge is 2.31. The molecule has 0 nitrogen and oxygen atoms in total. The molecule has 2 rings (SSSR count). The highest BCUT2D eigenvalue weighted by Crippen LogP contribution is 2.50. The van der Waals surface area contributed by atoms with Crippen LogP contribution in [0.1, 0.15) is 65.0 Å². The predicted molar refractivity (Wildman–Crippen MR) is 94.4 cm³/mol. The molecular formula is C21H28. The lowest BCUT2D eigenvalue weighted by Gasteiger charge is -2.34. The molecule has 0 heterocycles. The van der Waals surface area contributed by atoms with Gasteiger partial charge in [0.2, 0.25) is 0 Å². The summed E-state index contributed by atoms with van der Waals surface area (Å²) in [6.45, 7) is 13.4. The van der Waals surface area contributed by atoms with Crippen LogP contribution in [-0.2, 0) is 0 Å². The van der Waals surface area contributed by atoms with E-state index in [4.69, 9.17) is 0 Å². The minimum atomic E-state index is 1.21. The first-order valence-corrected chi connectivity index (χ1v) is 8.13. The van der Waals surface area contributed by atoms with Crippen LogP contribution in [0.4, 0.5) is 0 Å². The molecule has 0 heteroatoms. The maximum atomic E-state index is 2.28. The SMILES string of the molecule is CCCCC1=C(c2ccc(C)cc2)C(=C(C)C)C1=C(C)C. The first kappa shape index (κ1) is 15.8. The molecule has 0 unspecified atom stereocenters. The van der Waals surface area contributed by atoms with E-state index in [0.717, 1.165) is 0 Å². The molecule has 112 valence electrons. The molecule has 0 radical (unpaired) electrons. The largest absolute Gasteiger partial charge is 0.0683 e. The Bertz CT molecular complexity index is 611. The molecule has 0 aromatic heterocycles. The van der Waals surface area contributed by atoms with Crippen LogP contribution < -0.4 is 0 Å². The summed E-state index contributed by atoms with van der Waals surface area (Å²) in [6, 6.07) is 9.01. The summed E-state index contributed by atoms with van der Waals surface area (Å²) in [5, 5.41) is 0. The second-order valence-corrected chi connectivity index (χ2v) is 6.57. The van der Waals surface area contributed by atoms with E-state index in [1.807, 2.05) is 0 Å². The third kappa shape index (κ3) is 3.05. The van der Waals surface area contributed by atoms with Gasteiger partial charge in [0.25, 0.3) is 0 Å². The minimum absolute atomic E-state index is 1.21.